The standard InChI is InChI=1S/C28H34N4O2S/c1-30(26(33)19-32-15-7-14-29-32)25(18-21-8-3-2-4-9-21)22-12-16-31(17-13-22)28(34)27-24-11-6-5-10-23(24)20-35-27/h2-4,7-9,14-15,20,22,25H,5-6,10-13,16-19H2,1H3/t25-/m0/s1. The molecule has 0 unspecified atom stereocenters. The lowest BCUT2D eigenvalue weighted by molar-refractivity contribution is -0.134. The number of amides is 2. The number of nitrogens with zero attached hydrogens (tertiary/aromatic N) is 4. The second-order valence-electron chi connectivity index (χ2n) is 9.87. The summed E-state index contributed by atoms with van der Waals surface area (Å²) in [6.07, 6.45) is 10.7. The Labute approximate surface area is 211 Å². The molecule has 1 atom stereocenters. The highest BCUT2D eigenvalue weighted by Crippen LogP contribution is 2.33. The van der Waals surface area contributed by atoms with Gasteiger partial charge >= 0.3 is 0 Å². The summed E-state index contributed by atoms with van der Waals surface area (Å²) in [7, 11) is 1.93. The number of hydrogen-bond acceptors (Lipinski definition) is 4. The lowest BCUT2D eigenvalue weighted by atomic mass is 9.84. The summed E-state index contributed by atoms with van der Waals surface area (Å²) in [6.45, 7) is 1.75. The largest absolute Gasteiger partial charge is 0.341 e. The van der Waals surface area contributed by atoms with E-state index in [1.807, 2.05) is 35.2 Å². The average Bonchev–Trinajstić information content (AvgIpc) is 3.57. The predicted molar refractivity (Wildman–Crippen MR) is 139 cm³/mol. The van der Waals surface area contributed by atoms with Crippen LogP contribution in [0.5, 0.6) is 0 Å². The number of rotatable bonds is 7. The maximum absolute atomic E-state index is 13.4. The summed E-state index contributed by atoms with van der Waals surface area (Å²) < 4.78 is 1.68. The van der Waals surface area contributed by atoms with Gasteiger partial charge in [-0.25, -0.2) is 0 Å². The maximum atomic E-state index is 13.4. The molecule has 1 aliphatic carbocycles. The fourth-order valence-electron chi connectivity index (χ4n) is 5.63. The Hall–Kier alpha value is -2.93. The number of likely N-dealkylation sites (N-methyl/N-ethyl adjacent to an activating group) is 1. The quantitative estimate of drug-likeness (QED) is 0.492. The van der Waals surface area contributed by atoms with Gasteiger partial charge in [0.2, 0.25) is 5.91 Å². The lowest BCUT2D eigenvalue weighted by Gasteiger charge is -2.40. The van der Waals surface area contributed by atoms with Gasteiger partial charge in [-0.2, -0.15) is 5.10 Å². The van der Waals surface area contributed by atoms with E-state index in [0.29, 0.717) is 5.92 Å². The van der Waals surface area contributed by atoms with Crippen LogP contribution in [0.4, 0.5) is 0 Å². The van der Waals surface area contributed by atoms with Gasteiger partial charge < -0.3 is 9.80 Å². The van der Waals surface area contributed by atoms with Crippen molar-refractivity contribution in [3.63, 3.8) is 0 Å². The van der Waals surface area contributed by atoms with Crippen LogP contribution >= 0.6 is 11.3 Å². The number of piperidine rings is 1. The van der Waals surface area contributed by atoms with Crippen molar-refractivity contribution < 1.29 is 9.59 Å². The molecule has 0 saturated carbocycles. The van der Waals surface area contributed by atoms with Crippen LogP contribution in [0.1, 0.15) is 52.0 Å². The number of carbonyl (C=O) groups excluding carboxylic acids is 2. The maximum Gasteiger partial charge on any atom is 0.264 e. The summed E-state index contributed by atoms with van der Waals surface area (Å²) >= 11 is 1.63. The Kier molecular flexibility index (Phi) is 7.32. The average molecular weight is 491 g/mol. The first-order valence-corrected chi connectivity index (χ1v) is 13.6. The Balaban J connectivity index is 1.27. The fraction of sp³-hybridized carbons (Fsp3) is 0.464. The van der Waals surface area contributed by atoms with E-state index in [0.717, 1.165) is 50.1 Å². The zero-order valence-electron chi connectivity index (χ0n) is 20.4. The second-order valence-corrected chi connectivity index (χ2v) is 10.8. The molecule has 1 fully saturated rings. The van der Waals surface area contributed by atoms with Crippen LogP contribution in [0.3, 0.4) is 0 Å². The molecule has 3 aromatic rings. The van der Waals surface area contributed by atoms with Gasteiger partial charge in [0.15, 0.2) is 0 Å². The van der Waals surface area contributed by atoms with Crippen LogP contribution in [0.2, 0.25) is 0 Å². The predicted octanol–water partition coefficient (Wildman–Crippen LogP) is 4.45. The number of fused-ring (bicyclic) bond motifs is 1. The van der Waals surface area contributed by atoms with E-state index in [1.165, 1.54) is 29.5 Å². The highest BCUT2D eigenvalue weighted by Gasteiger charge is 2.34. The van der Waals surface area contributed by atoms with Crippen molar-refractivity contribution in [2.45, 2.75) is 57.5 Å². The molecular formula is C28H34N4O2S. The normalized spacial score (nSPS) is 17.1. The van der Waals surface area contributed by atoms with Crippen LogP contribution in [0.15, 0.2) is 54.2 Å². The van der Waals surface area contributed by atoms with Crippen LogP contribution in [-0.2, 0) is 30.6 Å². The van der Waals surface area contributed by atoms with E-state index in [1.54, 1.807) is 22.2 Å². The van der Waals surface area contributed by atoms with Crippen LogP contribution < -0.4 is 0 Å². The number of benzene rings is 1. The minimum Gasteiger partial charge on any atom is -0.341 e. The van der Waals surface area contributed by atoms with Crippen LogP contribution in [0, 0.1) is 5.92 Å². The van der Waals surface area contributed by atoms with Crippen molar-refractivity contribution >= 4 is 23.2 Å². The highest BCUT2D eigenvalue weighted by atomic mass is 32.1. The monoisotopic (exact) mass is 490 g/mol. The van der Waals surface area contributed by atoms with E-state index < -0.39 is 0 Å². The summed E-state index contributed by atoms with van der Waals surface area (Å²) in [6, 6.07) is 12.3. The van der Waals surface area contributed by atoms with Crippen molar-refractivity contribution in [2.24, 2.45) is 5.92 Å². The number of aromatic nitrogens is 2. The molecule has 1 saturated heterocycles. The molecule has 2 aromatic heterocycles. The van der Waals surface area contributed by atoms with Gasteiger partial charge in [0.1, 0.15) is 6.54 Å². The molecule has 0 N–H and O–H groups in total. The van der Waals surface area contributed by atoms with Gasteiger partial charge in [-0.3, -0.25) is 14.3 Å². The third-order valence-corrected chi connectivity index (χ3v) is 8.76. The molecule has 2 aliphatic rings. The Morgan fingerprint density at radius 3 is 2.63 bits per heavy atom. The van der Waals surface area contributed by atoms with Gasteiger partial charge in [-0.15, -0.1) is 11.3 Å². The lowest BCUT2D eigenvalue weighted by Crippen LogP contribution is -2.49. The summed E-state index contributed by atoms with van der Waals surface area (Å²) in [5, 5.41) is 6.40. The zero-order chi connectivity index (χ0) is 24.2. The molecule has 7 heteroatoms. The molecule has 1 aromatic carbocycles. The summed E-state index contributed by atoms with van der Waals surface area (Å²) in [5.41, 5.74) is 3.93. The van der Waals surface area contributed by atoms with Crippen molar-refractivity contribution in [1.82, 2.24) is 19.6 Å². The molecular weight excluding hydrogens is 456 g/mol. The molecule has 0 spiro atoms. The van der Waals surface area contributed by atoms with Gasteiger partial charge in [0, 0.05) is 38.6 Å². The number of likely N-dealkylation sites (tertiary alicyclic amines) is 1. The van der Waals surface area contributed by atoms with E-state index >= 15 is 0 Å². The van der Waals surface area contributed by atoms with Gasteiger partial charge in [0.05, 0.1) is 4.88 Å². The van der Waals surface area contributed by atoms with Crippen LogP contribution in [-0.4, -0.2) is 57.6 Å². The second kappa shape index (κ2) is 10.8. The SMILES string of the molecule is CN(C(=O)Cn1cccn1)[C@@H](Cc1ccccc1)C1CCN(C(=O)c2scc3c2CCCC3)CC1. The Morgan fingerprint density at radius 1 is 1.11 bits per heavy atom. The van der Waals surface area contributed by atoms with Gasteiger partial charge in [0.25, 0.3) is 5.91 Å². The van der Waals surface area contributed by atoms with Crippen molar-refractivity contribution in [2.75, 3.05) is 20.1 Å². The smallest absolute Gasteiger partial charge is 0.264 e. The van der Waals surface area contributed by atoms with Crippen molar-refractivity contribution in [1.29, 1.82) is 0 Å². The molecule has 184 valence electrons. The van der Waals surface area contributed by atoms with Crippen molar-refractivity contribution in [3.05, 3.63) is 75.7 Å². The third kappa shape index (κ3) is 5.35. The first-order chi connectivity index (χ1) is 17.1. The fourth-order valence-corrected chi connectivity index (χ4v) is 6.76. The van der Waals surface area contributed by atoms with E-state index in [-0.39, 0.29) is 24.4 Å². The summed E-state index contributed by atoms with van der Waals surface area (Å²) in [4.78, 5) is 31.5. The molecule has 5 rings (SSSR count). The Morgan fingerprint density at radius 2 is 1.89 bits per heavy atom. The van der Waals surface area contributed by atoms with E-state index in [2.05, 4.69) is 34.7 Å². The molecule has 35 heavy (non-hydrogen) atoms. The van der Waals surface area contributed by atoms with E-state index in [9.17, 15) is 9.59 Å². The first kappa shape index (κ1) is 23.8. The molecule has 0 radical (unpaired) electrons. The molecule has 6 nitrogen and oxygen atoms in total. The number of aryl methyl sites for hydroxylation is 1. The third-order valence-electron chi connectivity index (χ3n) is 7.70. The van der Waals surface area contributed by atoms with Crippen molar-refractivity contribution in [3.8, 4) is 0 Å². The minimum atomic E-state index is 0.0679. The number of hydrogen-bond donors (Lipinski definition) is 0. The van der Waals surface area contributed by atoms with Gasteiger partial charge in [-0.05, 0) is 79.0 Å². The molecule has 3 heterocycles. The minimum absolute atomic E-state index is 0.0679. The topological polar surface area (TPSA) is 58.4 Å². The first-order valence-electron chi connectivity index (χ1n) is 12.8. The molecule has 2 amide bonds. The van der Waals surface area contributed by atoms with Gasteiger partial charge in [-0.1, -0.05) is 30.3 Å². The highest BCUT2D eigenvalue weighted by molar-refractivity contribution is 7.12. The molecule has 0 bridgehead atoms. The summed E-state index contributed by atoms with van der Waals surface area (Å²) in [5.74, 6) is 0.626. The van der Waals surface area contributed by atoms with Crippen LogP contribution in [0.25, 0.3) is 0 Å². The molecule has 1 aliphatic heterocycles. The number of carbonyl (C=O) groups is 2. The van der Waals surface area contributed by atoms with E-state index in [4.69, 9.17) is 0 Å². The number of thiophene rings is 1. The Bertz CT molecular complexity index is 1130. The zero-order valence-corrected chi connectivity index (χ0v) is 21.3.